The summed E-state index contributed by atoms with van der Waals surface area (Å²) in [5, 5.41) is 16.4. The number of nitrogens with zero attached hydrogens (tertiary/aromatic N) is 2. The van der Waals surface area contributed by atoms with Crippen LogP contribution in [0.2, 0.25) is 5.02 Å². The highest BCUT2D eigenvalue weighted by atomic mass is 35.5. The molecule has 9 heteroatoms. The molecule has 168 valence electrons. The lowest BCUT2D eigenvalue weighted by Crippen LogP contribution is -2.15. The summed E-state index contributed by atoms with van der Waals surface area (Å²) >= 11 is 8.04. The molecule has 2 aromatic carbocycles. The lowest BCUT2D eigenvalue weighted by molar-refractivity contribution is 0.0697. The van der Waals surface area contributed by atoms with Gasteiger partial charge in [0, 0.05) is 23.7 Å². The third kappa shape index (κ3) is 4.19. The van der Waals surface area contributed by atoms with Crippen molar-refractivity contribution in [3.05, 3.63) is 63.6 Å². The van der Waals surface area contributed by atoms with E-state index in [1.807, 2.05) is 29.6 Å². The van der Waals surface area contributed by atoms with Crippen LogP contribution in [0.5, 0.6) is 11.5 Å². The van der Waals surface area contributed by atoms with Gasteiger partial charge in [0.05, 0.1) is 16.3 Å². The molecule has 1 aliphatic heterocycles. The van der Waals surface area contributed by atoms with Gasteiger partial charge in [0.25, 0.3) is 0 Å². The monoisotopic (exact) mass is 481 g/mol. The molecule has 3 heterocycles. The number of halogens is 1. The Hall–Kier alpha value is -3.36. The number of aromatic nitrogens is 2. The van der Waals surface area contributed by atoms with E-state index in [-0.39, 0.29) is 5.56 Å². The minimum absolute atomic E-state index is 0.105. The van der Waals surface area contributed by atoms with Gasteiger partial charge < -0.3 is 19.9 Å². The SMILES string of the molecule is Cc1c(Cl)c(NCCc2ccc3c(c2)OCCO3)cc(-c2ncc3ccsc3n2)c1C(=O)O. The number of thiophene rings is 1. The normalized spacial score (nSPS) is 12.7. The molecule has 0 saturated heterocycles. The highest BCUT2D eigenvalue weighted by Crippen LogP contribution is 2.36. The first-order valence-electron chi connectivity index (χ1n) is 10.4. The average molecular weight is 482 g/mol. The Morgan fingerprint density at radius 2 is 2.03 bits per heavy atom. The zero-order valence-electron chi connectivity index (χ0n) is 17.7. The van der Waals surface area contributed by atoms with Gasteiger partial charge in [-0.25, -0.2) is 14.8 Å². The van der Waals surface area contributed by atoms with Crippen molar-refractivity contribution in [1.82, 2.24) is 9.97 Å². The Bertz CT molecular complexity index is 1370. The van der Waals surface area contributed by atoms with Crippen LogP contribution in [0.1, 0.15) is 21.5 Å². The van der Waals surface area contributed by atoms with Crippen LogP contribution in [-0.2, 0) is 6.42 Å². The van der Waals surface area contributed by atoms with Gasteiger partial charge in [-0.05, 0) is 54.1 Å². The molecule has 0 saturated carbocycles. The molecule has 0 fully saturated rings. The maximum atomic E-state index is 12.1. The number of rotatable bonds is 6. The smallest absolute Gasteiger partial charge is 0.336 e. The summed E-state index contributed by atoms with van der Waals surface area (Å²) in [6, 6.07) is 9.55. The Balaban J connectivity index is 1.43. The van der Waals surface area contributed by atoms with Gasteiger partial charge in [-0.15, -0.1) is 11.3 Å². The molecule has 5 rings (SSSR count). The van der Waals surface area contributed by atoms with Gasteiger partial charge in [-0.1, -0.05) is 17.7 Å². The van der Waals surface area contributed by atoms with Crippen molar-refractivity contribution in [2.24, 2.45) is 0 Å². The van der Waals surface area contributed by atoms with E-state index in [0.29, 0.717) is 47.4 Å². The fourth-order valence-corrected chi connectivity index (χ4v) is 4.80. The van der Waals surface area contributed by atoms with Crippen molar-refractivity contribution < 1.29 is 19.4 Å². The molecule has 0 aliphatic carbocycles. The molecule has 2 N–H and O–H groups in total. The van der Waals surface area contributed by atoms with Crippen molar-refractivity contribution in [1.29, 1.82) is 0 Å². The molecule has 1 aliphatic rings. The van der Waals surface area contributed by atoms with E-state index in [1.165, 1.54) is 11.3 Å². The number of hydrogen-bond acceptors (Lipinski definition) is 7. The standard InChI is InChI=1S/C24H20ClN3O4S/c1-13-20(24(29)30)16(22-27-12-15-5-9-33-23(15)28-22)11-17(21(13)25)26-6-4-14-2-3-18-19(10-14)32-8-7-31-18/h2-3,5,9-12,26H,4,6-8H2,1H3,(H,29,30). The maximum absolute atomic E-state index is 12.1. The van der Waals surface area contributed by atoms with Gasteiger partial charge in [0.2, 0.25) is 0 Å². The predicted molar refractivity (Wildman–Crippen MR) is 129 cm³/mol. The Labute approximate surface area is 199 Å². The van der Waals surface area contributed by atoms with Gasteiger partial charge in [0.1, 0.15) is 18.0 Å². The minimum Gasteiger partial charge on any atom is -0.486 e. The molecule has 0 radical (unpaired) electrons. The van der Waals surface area contributed by atoms with Gasteiger partial charge in [0.15, 0.2) is 17.3 Å². The first-order chi connectivity index (χ1) is 16.0. The van der Waals surface area contributed by atoms with E-state index in [0.717, 1.165) is 33.7 Å². The molecular weight excluding hydrogens is 462 g/mol. The molecule has 0 unspecified atom stereocenters. The zero-order valence-corrected chi connectivity index (χ0v) is 19.3. The van der Waals surface area contributed by atoms with Crippen LogP contribution < -0.4 is 14.8 Å². The summed E-state index contributed by atoms with van der Waals surface area (Å²) in [6.45, 7) is 3.39. The zero-order chi connectivity index (χ0) is 22.9. The number of hydrogen-bond donors (Lipinski definition) is 2. The number of fused-ring (bicyclic) bond motifs is 2. The van der Waals surface area contributed by atoms with Crippen LogP contribution in [0.15, 0.2) is 41.9 Å². The Morgan fingerprint density at radius 3 is 2.85 bits per heavy atom. The lowest BCUT2D eigenvalue weighted by atomic mass is 9.99. The third-order valence-corrected chi connectivity index (χ3v) is 6.81. The Kier molecular flexibility index (Phi) is 5.78. The van der Waals surface area contributed by atoms with E-state index in [2.05, 4.69) is 15.3 Å². The van der Waals surface area contributed by atoms with Crippen molar-refractivity contribution in [2.45, 2.75) is 13.3 Å². The van der Waals surface area contributed by atoms with E-state index in [4.69, 9.17) is 21.1 Å². The Morgan fingerprint density at radius 1 is 1.21 bits per heavy atom. The number of carboxylic acids is 1. The largest absolute Gasteiger partial charge is 0.486 e. The fourth-order valence-electron chi connectivity index (χ4n) is 3.84. The number of aromatic carboxylic acids is 1. The molecular formula is C24H20ClN3O4S. The molecule has 4 aromatic rings. The van der Waals surface area contributed by atoms with Crippen LogP contribution in [-0.4, -0.2) is 40.8 Å². The summed E-state index contributed by atoms with van der Waals surface area (Å²) in [6.07, 6.45) is 2.43. The first kappa shape index (κ1) is 21.5. The first-order valence-corrected chi connectivity index (χ1v) is 11.7. The van der Waals surface area contributed by atoms with Crippen LogP contribution in [0.4, 0.5) is 5.69 Å². The summed E-state index contributed by atoms with van der Waals surface area (Å²) in [5.74, 6) is 0.800. The third-order valence-electron chi connectivity index (χ3n) is 5.50. The summed E-state index contributed by atoms with van der Waals surface area (Å²) in [5.41, 5.74) is 2.74. The number of anilines is 1. The second-order valence-electron chi connectivity index (χ2n) is 7.62. The van der Waals surface area contributed by atoms with Crippen LogP contribution in [0, 0.1) is 6.92 Å². The molecule has 0 atom stereocenters. The second-order valence-corrected chi connectivity index (χ2v) is 8.89. The molecule has 0 amide bonds. The highest BCUT2D eigenvalue weighted by molar-refractivity contribution is 7.16. The molecule has 0 spiro atoms. The van der Waals surface area contributed by atoms with Crippen LogP contribution in [0.3, 0.4) is 0 Å². The molecule has 33 heavy (non-hydrogen) atoms. The maximum Gasteiger partial charge on any atom is 0.336 e. The average Bonchev–Trinajstić information content (AvgIpc) is 3.29. The van der Waals surface area contributed by atoms with Crippen molar-refractivity contribution in [3.63, 3.8) is 0 Å². The van der Waals surface area contributed by atoms with Crippen molar-refractivity contribution in [2.75, 3.05) is 25.1 Å². The van der Waals surface area contributed by atoms with Crippen LogP contribution in [0.25, 0.3) is 21.6 Å². The number of ether oxygens (including phenoxy) is 2. The van der Waals surface area contributed by atoms with E-state index >= 15 is 0 Å². The summed E-state index contributed by atoms with van der Waals surface area (Å²) in [7, 11) is 0. The van der Waals surface area contributed by atoms with E-state index in [1.54, 1.807) is 19.2 Å². The van der Waals surface area contributed by atoms with Crippen molar-refractivity contribution >= 4 is 44.8 Å². The van der Waals surface area contributed by atoms with E-state index < -0.39 is 5.97 Å². The van der Waals surface area contributed by atoms with E-state index in [9.17, 15) is 9.90 Å². The lowest BCUT2D eigenvalue weighted by Gasteiger charge is -2.19. The van der Waals surface area contributed by atoms with Gasteiger partial charge in [-0.3, -0.25) is 0 Å². The number of carboxylic acid groups (broad SMARTS) is 1. The minimum atomic E-state index is -1.07. The topological polar surface area (TPSA) is 93.6 Å². The van der Waals surface area contributed by atoms with Gasteiger partial charge in [-0.2, -0.15) is 0 Å². The predicted octanol–water partition coefficient (Wildman–Crippen LogP) is 5.44. The molecule has 0 bridgehead atoms. The quantitative estimate of drug-likeness (QED) is 0.378. The molecule has 2 aromatic heterocycles. The second kappa shape index (κ2) is 8.88. The summed E-state index contributed by atoms with van der Waals surface area (Å²) < 4.78 is 11.2. The summed E-state index contributed by atoms with van der Waals surface area (Å²) in [4.78, 5) is 21.8. The fraction of sp³-hybridized carbons (Fsp3) is 0.208. The highest BCUT2D eigenvalue weighted by Gasteiger charge is 2.22. The number of carbonyl (C=O) groups is 1. The van der Waals surface area contributed by atoms with Crippen molar-refractivity contribution in [3.8, 4) is 22.9 Å². The molecule has 7 nitrogen and oxygen atoms in total. The van der Waals surface area contributed by atoms with Crippen LogP contribution >= 0.6 is 22.9 Å². The number of nitrogens with one attached hydrogen (secondary N) is 1. The number of benzene rings is 2. The van der Waals surface area contributed by atoms with Gasteiger partial charge >= 0.3 is 5.97 Å².